The highest BCUT2D eigenvalue weighted by Gasteiger charge is 2.39. The van der Waals surface area contributed by atoms with Gasteiger partial charge in [0, 0.05) is 13.1 Å². The van der Waals surface area contributed by atoms with E-state index in [1.165, 1.54) is 25.7 Å². The van der Waals surface area contributed by atoms with Crippen LogP contribution in [0.5, 0.6) is 0 Å². The Morgan fingerprint density at radius 1 is 1.27 bits per heavy atom. The molecule has 1 aromatic carbocycles. The molecule has 6 heteroatoms. The van der Waals surface area contributed by atoms with Crippen molar-refractivity contribution >= 4 is 32.7 Å². The van der Waals surface area contributed by atoms with Crippen molar-refractivity contribution in [2.75, 3.05) is 18.5 Å². The third kappa shape index (κ3) is 2.36. The van der Waals surface area contributed by atoms with Gasteiger partial charge in [0.1, 0.15) is 6.17 Å². The Bertz CT molecular complexity index is 661. The number of aromatic nitrogens is 1. The van der Waals surface area contributed by atoms with Crippen molar-refractivity contribution in [3.63, 3.8) is 0 Å². The fraction of sp³-hybridized carbons (Fsp3) is 0.500. The molecule has 2 aromatic rings. The molecule has 2 amide bonds. The minimum atomic E-state index is 0.0289. The van der Waals surface area contributed by atoms with Gasteiger partial charge in [-0.15, -0.1) is 0 Å². The van der Waals surface area contributed by atoms with E-state index in [1.54, 1.807) is 16.2 Å². The molecule has 5 nitrogen and oxygen atoms in total. The summed E-state index contributed by atoms with van der Waals surface area (Å²) in [6, 6.07) is 8.61. The Balaban J connectivity index is 1.64. The number of thiazole rings is 1. The quantitative estimate of drug-likeness (QED) is 0.947. The van der Waals surface area contributed by atoms with Crippen LogP contribution in [0.2, 0.25) is 0 Å². The number of nitrogens with one attached hydrogen (secondary N) is 1. The number of urea groups is 1. The number of likely N-dealkylation sites (N-methyl/N-ethyl adjacent to an activating group) is 1. The molecule has 1 aliphatic carbocycles. The van der Waals surface area contributed by atoms with Crippen LogP contribution in [0.1, 0.15) is 25.7 Å². The molecule has 4 rings (SSSR count). The van der Waals surface area contributed by atoms with Crippen molar-refractivity contribution in [3.05, 3.63) is 24.3 Å². The summed E-state index contributed by atoms with van der Waals surface area (Å²) in [5, 5.41) is 4.46. The lowest BCUT2D eigenvalue weighted by Gasteiger charge is -2.24. The molecule has 1 saturated heterocycles. The van der Waals surface area contributed by atoms with Crippen LogP contribution in [0, 0.1) is 0 Å². The maximum Gasteiger partial charge on any atom is 0.327 e. The van der Waals surface area contributed by atoms with Gasteiger partial charge in [0.25, 0.3) is 0 Å². The Morgan fingerprint density at radius 2 is 2.05 bits per heavy atom. The normalized spacial score (nSPS) is 23.1. The van der Waals surface area contributed by atoms with Crippen LogP contribution in [-0.4, -0.2) is 41.7 Å². The van der Waals surface area contributed by atoms with E-state index in [0.29, 0.717) is 12.6 Å². The molecule has 0 bridgehead atoms. The van der Waals surface area contributed by atoms with E-state index in [9.17, 15) is 4.79 Å². The molecule has 1 N–H and O–H groups in total. The van der Waals surface area contributed by atoms with Crippen LogP contribution in [0.25, 0.3) is 10.2 Å². The Labute approximate surface area is 133 Å². The van der Waals surface area contributed by atoms with E-state index in [1.807, 2.05) is 30.1 Å². The number of para-hydroxylation sites is 1. The largest absolute Gasteiger partial charge is 0.327 e. The summed E-state index contributed by atoms with van der Waals surface area (Å²) in [5.74, 6) is 0. The predicted octanol–water partition coefficient (Wildman–Crippen LogP) is 3.03. The van der Waals surface area contributed by atoms with Crippen molar-refractivity contribution in [3.8, 4) is 0 Å². The highest BCUT2D eigenvalue weighted by molar-refractivity contribution is 7.22. The van der Waals surface area contributed by atoms with E-state index in [2.05, 4.69) is 16.4 Å². The monoisotopic (exact) mass is 316 g/mol. The lowest BCUT2D eigenvalue weighted by Crippen LogP contribution is -2.48. The summed E-state index contributed by atoms with van der Waals surface area (Å²) in [6.07, 6.45) is 5.02. The molecule has 1 unspecified atom stereocenters. The number of benzene rings is 1. The van der Waals surface area contributed by atoms with Crippen LogP contribution in [0.4, 0.5) is 9.93 Å². The zero-order chi connectivity index (χ0) is 15.1. The minimum Gasteiger partial charge on any atom is -0.324 e. The molecule has 1 atom stereocenters. The van der Waals surface area contributed by atoms with E-state index >= 15 is 0 Å². The fourth-order valence-electron chi connectivity index (χ4n) is 3.41. The van der Waals surface area contributed by atoms with Gasteiger partial charge in [0.05, 0.1) is 16.8 Å². The van der Waals surface area contributed by atoms with E-state index in [4.69, 9.17) is 0 Å². The lowest BCUT2D eigenvalue weighted by molar-refractivity contribution is 0.229. The van der Waals surface area contributed by atoms with Gasteiger partial charge in [0.2, 0.25) is 0 Å². The number of rotatable bonds is 3. The second-order valence-electron chi connectivity index (χ2n) is 6.16. The number of anilines is 1. The second kappa shape index (κ2) is 5.52. The van der Waals surface area contributed by atoms with Gasteiger partial charge in [-0.25, -0.2) is 9.78 Å². The Kier molecular flexibility index (Phi) is 3.50. The Hall–Kier alpha value is -1.66. The first-order valence-corrected chi connectivity index (χ1v) is 8.70. The maximum atomic E-state index is 12.5. The second-order valence-corrected chi connectivity index (χ2v) is 7.17. The zero-order valence-electron chi connectivity index (χ0n) is 12.7. The number of hydrogen-bond donors (Lipinski definition) is 1. The molecule has 2 aliphatic rings. The van der Waals surface area contributed by atoms with Gasteiger partial charge in [-0.1, -0.05) is 36.3 Å². The molecule has 2 fully saturated rings. The van der Waals surface area contributed by atoms with Crippen molar-refractivity contribution in [1.82, 2.24) is 15.2 Å². The molecule has 1 aliphatic heterocycles. The maximum absolute atomic E-state index is 12.5. The molecular weight excluding hydrogens is 296 g/mol. The number of hydrogen-bond acceptors (Lipinski definition) is 4. The van der Waals surface area contributed by atoms with Gasteiger partial charge in [0.15, 0.2) is 5.13 Å². The molecule has 116 valence electrons. The van der Waals surface area contributed by atoms with Crippen molar-refractivity contribution in [2.45, 2.75) is 37.9 Å². The van der Waals surface area contributed by atoms with Gasteiger partial charge >= 0.3 is 6.03 Å². The Morgan fingerprint density at radius 3 is 2.82 bits per heavy atom. The predicted molar refractivity (Wildman–Crippen MR) is 89.3 cm³/mol. The number of fused-ring (bicyclic) bond motifs is 1. The van der Waals surface area contributed by atoms with Gasteiger partial charge in [-0.2, -0.15) is 0 Å². The van der Waals surface area contributed by atoms with Crippen molar-refractivity contribution < 1.29 is 4.79 Å². The first-order valence-electron chi connectivity index (χ1n) is 7.88. The average molecular weight is 316 g/mol. The summed E-state index contributed by atoms with van der Waals surface area (Å²) in [6.45, 7) is 0.714. The summed E-state index contributed by atoms with van der Waals surface area (Å²) in [4.78, 5) is 20.8. The van der Waals surface area contributed by atoms with E-state index in [-0.39, 0.29) is 12.2 Å². The minimum absolute atomic E-state index is 0.0289. The van der Waals surface area contributed by atoms with Crippen LogP contribution in [0.3, 0.4) is 0 Å². The first-order chi connectivity index (χ1) is 10.7. The van der Waals surface area contributed by atoms with Gasteiger partial charge in [-0.05, 0) is 25.0 Å². The molecule has 2 heterocycles. The third-order valence-electron chi connectivity index (χ3n) is 4.56. The summed E-state index contributed by atoms with van der Waals surface area (Å²) < 4.78 is 1.12. The lowest BCUT2D eigenvalue weighted by atomic mass is 10.2. The van der Waals surface area contributed by atoms with Crippen LogP contribution in [-0.2, 0) is 0 Å². The van der Waals surface area contributed by atoms with Crippen LogP contribution in [0.15, 0.2) is 24.3 Å². The molecule has 1 aromatic heterocycles. The number of nitrogens with zero attached hydrogens (tertiary/aromatic N) is 3. The third-order valence-corrected chi connectivity index (χ3v) is 5.60. The topological polar surface area (TPSA) is 48.5 Å². The van der Waals surface area contributed by atoms with Crippen LogP contribution < -0.4 is 10.2 Å². The SMILES string of the molecule is CN1CC(NC2CCCC2)N(c2nc3ccccc3s2)C1=O. The first kappa shape index (κ1) is 14.0. The van der Waals surface area contributed by atoms with E-state index in [0.717, 1.165) is 15.3 Å². The fourth-order valence-corrected chi connectivity index (χ4v) is 4.42. The smallest absolute Gasteiger partial charge is 0.324 e. The number of carbonyl (C=O) groups excluding carboxylic acids is 1. The van der Waals surface area contributed by atoms with Crippen molar-refractivity contribution in [2.24, 2.45) is 0 Å². The van der Waals surface area contributed by atoms with Gasteiger partial charge < -0.3 is 4.90 Å². The van der Waals surface area contributed by atoms with Crippen molar-refractivity contribution in [1.29, 1.82) is 0 Å². The summed E-state index contributed by atoms with van der Waals surface area (Å²) in [7, 11) is 1.86. The zero-order valence-corrected chi connectivity index (χ0v) is 13.5. The number of amides is 2. The summed E-state index contributed by atoms with van der Waals surface area (Å²) >= 11 is 1.59. The number of carbonyl (C=O) groups is 1. The molecule has 0 spiro atoms. The molecule has 0 radical (unpaired) electrons. The van der Waals surface area contributed by atoms with E-state index < -0.39 is 0 Å². The molecular formula is C16H20N4OS. The standard InChI is InChI=1S/C16H20N4OS/c1-19-10-14(17-11-6-2-3-7-11)20(16(19)21)15-18-12-8-4-5-9-13(12)22-15/h4-5,8-9,11,14,17H,2-3,6-7,10H2,1H3. The summed E-state index contributed by atoms with van der Waals surface area (Å²) in [5.41, 5.74) is 0.962. The highest BCUT2D eigenvalue weighted by atomic mass is 32.1. The molecule has 22 heavy (non-hydrogen) atoms. The average Bonchev–Trinajstić information content (AvgIpc) is 3.20. The van der Waals surface area contributed by atoms with Gasteiger partial charge in [-0.3, -0.25) is 10.2 Å². The highest BCUT2D eigenvalue weighted by Crippen LogP contribution is 2.32. The molecule has 1 saturated carbocycles. The van der Waals surface area contributed by atoms with Crippen LogP contribution >= 0.6 is 11.3 Å².